The van der Waals surface area contributed by atoms with Gasteiger partial charge in [-0.3, -0.25) is 4.79 Å². The number of carbonyl (C=O) groups is 1. The average Bonchev–Trinajstić information content (AvgIpc) is 3.38. The van der Waals surface area contributed by atoms with Crippen molar-refractivity contribution in [2.24, 2.45) is 0 Å². The number of nitrogens with zero attached hydrogens (tertiary/aromatic N) is 6. The highest BCUT2D eigenvalue weighted by Crippen LogP contribution is 2.25. The Hall–Kier alpha value is -3.49. The molecule has 0 unspecified atom stereocenters. The van der Waals surface area contributed by atoms with Crippen molar-refractivity contribution < 1.29 is 9.21 Å². The van der Waals surface area contributed by atoms with E-state index in [1.54, 1.807) is 17.1 Å². The van der Waals surface area contributed by atoms with Crippen LogP contribution in [-0.2, 0) is 6.54 Å². The van der Waals surface area contributed by atoms with Gasteiger partial charge in [-0.25, -0.2) is 19.6 Å². The molecule has 4 aromatic rings. The van der Waals surface area contributed by atoms with Gasteiger partial charge in [-0.1, -0.05) is 0 Å². The number of carbonyl (C=O) groups excluding carboxylic acids is 1. The molecular formula is C21H23N7O2. The van der Waals surface area contributed by atoms with Gasteiger partial charge in [-0.05, 0) is 38.3 Å². The first kappa shape index (κ1) is 18.5. The van der Waals surface area contributed by atoms with Crippen LogP contribution in [0.2, 0.25) is 0 Å². The lowest BCUT2D eigenvalue weighted by molar-refractivity contribution is 0.0926. The highest BCUT2D eigenvalue weighted by Gasteiger charge is 2.18. The largest absolute Gasteiger partial charge is 0.449 e. The predicted octanol–water partition coefficient (Wildman–Crippen LogP) is 2.70. The maximum absolute atomic E-state index is 12.5. The van der Waals surface area contributed by atoms with Gasteiger partial charge in [-0.15, -0.1) is 0 Å². The van der Waals surface area contributed by atoms with Gasteiger partial charge in [0.05, 0.1) is 18.1 Å². The zero-order valence-corrected chi connectivity index (χ0v) is 16.8. The molecule has 9 heteroatoms. The highest BCUT2D eigenvalue weighted by molar-refractivity contribution is 5.95. The molecule has 5 heterocycles. The Labute approximate surface area is 173 Å². The first-order valence-electron chi connectivity index (χ1n) is 10.3. The molecule has 0 radical (unpaired) electrons. The monoisotopic (exact) mass is 405 g/mol. The number of fused-ring (bicyclic) bond motifs is 2. The Morgan fingerprint density at radius 3 is 2.93 bits per heavy atom. The Morgan fingerprint density at radius 2 is 2.07 bits per heavy atom. The van der Waals surface area contributed by atoms with Crippen LogP contribution in [0.5, 0.6) is 0 Å². The van der Waals surface area contributed by atoms with Crippen molar-refractivity contribution in [3.05, 3.63) is 42.2 Å². The molecule has 0 bridgehead atoms. The number of nitrogens with one attached hydrogen (secondary N) is 1. The lowest BCUT2D eigenvalue weighted by atomic mass is 10.1. The number of furan rings is 1. The van der Waals surface area contributed by atoms with Crippen molar-refractivity contribution in [3.63, 3.8) is 0 Å². The van der Waals surface area contributed by atoms with Crippen molar-refractivity contribution in [1.82, 2.24) is 30.0 Å². The maximum atomic E-state index is 12.5. The van der Waals surface area contributed by atoms with E-state index in [0.717, 1.165) is 35.6 Å². The highest BCUT2D eigenvalue weighted by atomic mass is 16.3. The number of hydrogen-bond donors (Lipinski definition) is 1. The molecule has 1 amide bonds. The molecule has 0 saturated carbocycles. The van der Waals surface area contributed by atoms with E-state index in [2.05, 4.69) is 30.3 Å². The number of aromatic nitrogens is 5. The minimum atomic E-state index is -0.272. The molecule has 5 rings (SSSR count). The van der Waals surface area contributed by atoms with Gasteiger partial charge in [0.15, 0.2) is 17.0 Å². The minimum Gasteiger partial charge on any atom is -0.449 e. The van der Waals surface area contributed by atoms with Crippen LogP contribution >= 0.6 is 0 Å². The number of hydrogen-bond acceptors (Lipinski definition) is 7. The summed E-state index contributed by atoms with van der Waals surface area (Å²) in [6.45, 7) is 4.84. The van der Waals surface area contributed by atoms with Gasteiger partial charge in [0.2, 0.25) is 0 Å². The second-order valence-corrected chi connectivity index (χ2v) is 7.55. The fourth-order valence-electron chi connectivity index (χ4n) is 3.90. The van der Waals surface area contributed by atoms with Crippen LogP contribution in [0.1, 0.15) is 35.5 Å². The van der Waals surface area contributed by atoms with Gasteiger partial charge in [0, 0.05) is 31.4 Å². The SMILES string of the molecule is Cc1ccc2oc(C(=O)NCCn3ncc4c(N5CCCCC5)ncnc43)cc2n1. The molecular weight excluding hydrogens is 382 g/mol. The van der Waals surface area contributed by atoms with E-state index in [4.69, 9.17) is 4.42 Å². The molecule has 9 nitrogen and oxygen atoms in total. The van der Waals surface area contributed by atoms with Crippen LogP contribution in [0.15, 0.2) is 35.1 Å². The number of aryl methyl sites for hydroxylation is 1. The summed E-state index contributed by atoms with van der Waals surface area (Å²) in [6.07, 6.45) is 7.04. The summed E-state index contributed by atoms with van der Waals surface area (Å²) in [7, 11) is 0. The maximum Gasteiger partial charge on any atom is 0.287 e. The van der Waals surface area contributed by atoms with Crippen LogP contribution in [-0.4, -0.2) is 50.3 Å². The van der Waals surface area contributed by atoms with Crippen LogP contribution in [0.25, 0.3) is 22.1 Å². The molecule has 1 aliphatic rings. The van der Waals surface area contributed by atoms with Crippen molar-refractivity contribution in [2.45, 2.75) is 32.7 Å². The van der Waals surface area contributed by atoms with Gasteiger partial charge >= 0.3 is 0 Å². The van der Waals surface area contributed by atoms with E-state index in [-0.39, 0.29) is 11.7 Å². The van der Waals surface area contributed by atoms with Crippen LogP contribution in [0.4, 0.5) is 5.82 Å². The Bertz CT molecular complexity index is 1210. The normalized spacial score (nSPS) is 14.5. The Balaban J connectivity index is 1.27. The number of amides is 1. The van der Waals surface area contributed by atoms with Gasteiger partial charge in [0.1, 0.15) is 17.7 Å². The van der Waals surface area contributed by atoms with Crippen LogP contribution in [0.3, 0.4) is 0 Å². The summed E-state index contributed by atoms with van der Waals surface area (Å²) in [4.78, 5) is 28.0. The van der Waals surface area contributed by atoms with Gasteiger partial charge < -0.3 is 14.6 Å². The smallest absolute Gasteiger partial charge is 0.287 e. The van der Waals surface area contributed by atoms with Crippen molar-refractivity contribution in [3.8, 4) is 0 Å². The molecule has 154 valence electrons. The third-order valence-corrected chi connectivity index (χ3v) is 5.41. The molecule has 1 aliphatic heterocycles. The second-order valence-electron chi connectivity index (χ2n) is 7.55. The topological polar surface area (TPSA) is 102 Å². The summed E-state index contributed by atoms with van der Waals surface area (Å²) in [5, 5.41) is 8.30. The summed E-state index contributed by atoms with van der Waals surface area (Å²) in [6, 6.07) is 5.35. The summed E-state index contributed by atoms with van der Waals surface area (Å²) in [5.74, 6) is 0.925. The average molecular weight is 405 g/mol. The summed E-state index contributed by atoms with van der Waals surface area (Å²) < 4.78 is 7.40. The lowest BCUT2D eigenvalue weighted by Crippen LogP contribution is -2.30. The Morgan fingerprint density at radius 1 is 1.20 bits per heavy atom. The molecule has 0 spiro atoms. The minimum absolute atomic E-state index is 0.253. The number of anilines is 1. The number of rotatable bonds is 5. The van der Waals surface area contributed by atoms with Gasteiger partial charge in [-0.2, -0.15) is 5.10 Å². The molecule has 30 heavy (non-hydrogen) atoms. The summed E-state index contributed by atoms with van der Waals surface area (Å²) in [5.41, 5.74) is 2.95. The molecule has 0 atom stereocenters. The summed E-state index contributed by atoms with van der Waals surface area (Å²) >= 11 is 0. The Kier molecular flexibility index (Phi) is 4.78. The molecule has 0 aliphatic carbocycles. The van der Waals surface area contributed by atoms with E-state index in [0.29, 0.717) is 24.2 Å². The molecule has 1 N–H and O–H groups in total. The van der Waals surface area contributed by atoms with E-state index in [1.165, 1.54) is 19.3 Å². The van der Waals surface area contributed by atoms with E-state index < -0.39 is 0 Å². The fraction of sp³-hybridized carbons (Fsp3) is 0.381. The fourth-order valence-corrected chi connectivity index (χ4v) is 3.90. The van der Waals surface area contributed by atoms with Crippen LogP contribution in [0, 0.1) is 6.92 Å². The number of piperidine rings is 1. The third-order valence-electron chi connectivity index (χ3n) is 5.41. The zero-order chi connectivity index (χ0) is 20.5. The second kappa shape index (κ2) is 7.74. The quantitative estimate of drug-likeness (QED) is 0.545. The molecule has 4 aromatic heterocycles. The third kappa shape index (κ3) is 3.47. The lowest BCUT2D eigenvalue weighted by Gasteiger charge is -2.27. The standard InChI is InChI=1S/C21H23N7O2/c1-14-5-6-17-16(26-14)11-18(30-17)21(29)22-7-10-28-20-15(12-25-28)19(23-13-24-20)27-8-3-2-4-9-27/h5-6,11-13H,2-4,7-10H2,1H3,(H,22,29). The van der Waals surface area contributed by atoms with Crippen molar-refractivity contribution in [1.29, 1.82) is 0 Å². The van der Waals surface area contributed by atoms with E-state index >= 15 is 0 Å². The number of pyridine rings is 1. The molecule has 1 saturated heterocycles. The van der Waals surface area contributed by atoms with Gasteiger partial charge in [0.25, 0.3) is 5.91 Å². The predicted molar refractivity (Wildman–Crippen MR) is 112 cm³/mol. The first-order valence-corrected chi connectivity index (χ1v) is 10.3. The zero-order valence-electron chi connectivity index (χ0n) is 16.8. The van der Waals surface area contributed by atoms with Crippen molar-refractivity contribution >= 4 is 33.9 Å². The first-order chi connectivity index (χ1) is 14.7. The van der Waals surface area contributed by atoms with E-state index in [1.807, 2.05) is 25.3 Å². The van der Waals surface area contributed by atoms with Crippen molar-refractivity contribution in [2.75, 3.05) is 24.5 Å². The molecule has 0 aromatic carbocycles. The van der Waals surface area contributed by atoms with E-state index in [9.17, 15) is 4.79 Å². The molecule has 1 fully saturated rings. The van der Waals surface area contributed by atoms with Crippen LogP contribution < -0.4 is 10.2 Å².